The highest BCUT2D eigenvalue weighted by molar-refractivity contribution is 5.91. The molecule has 0 fully saturated rings. The summed E-state index contributed by atoms with van der Waals surface area (Å²) < 4.78 is 0. The van der Waals surface area contributed by atoms with Gasteiger partial charge in [-0.05, 0) is 80.2 Å². The van der Waals surface area contributed by atoms with Gasteiger partial charge in [-0.3, -0.25) is 0 Å². The number of fused-ring (bicyclic) bond motifs is 2. The zero-order valence-electron chi connectivity index (χ0n) is 17.4. The molecule has 0 N–H and O–H groups in total. The molecule has 0 aliphatic heterocycles. The van der Waals surface area contributed by atoms with E-state index in [9.17, 15) is 0 Å². The summed E-state index contributed by atoms with van der Waals surface area (Å²) in [6, 6.07) is 38.7. The van der Waals surface area contributed by atoms with Gasteiger partial charge in [0.15, 0.2) is 5.82 Å². The first-order chi connectivity index (χ1) is 15.8. The Kier molecular flexibility index (Phi) is 4.47. The van der Waals surface area contributed by atoms with Gasteiger partial charge in [-0.1, -0.05) is 72.8 Å². The van der Waals surface area contributed by atoms with Crippen molar-refractivity contribution in [2.24, 2.45) is 0 Å². The molecule has 0 unspecified atom stereocenters. The maximum absolute atomic E-state index is 4.51. The molecule has 0 atom stereocenters. The van der Waals surface area contributed by atoms with Gasteiger partial charge < -0.3 is 0 Å². The summed E-state index contributed by atoms with van der Waals surface area (Å²) in [5, 5.41) is 4.96. The molecule has 6 rings (SSSR count). The minimum absolute atomic E-state index is 0.733. The topological polar surface area (TPSA) is 25.8 Å². The molecule has 0 aliphatic carbocycles. The van der Waals surface area contributed by atoms with Gasteiger partial charge in [0, 0.05) is 18.0 Å². The van der Waals surface area contributed by atoms with Gasteiger partial charge in [-0.2, -0.15) is 0 Å². The highest BCUT2D eigenvalue weighted by Crippen LogP contribution is 2.34. The second kappa shape index (κ2) is 7.75. The van der Waals surface area contributed by atoms with Gasteiger partial charge in [-0.15, -0.1) is 0 Å². The average molecular weight is 409 g/mol. The summed E-state index contributed by atoms with van der Waals surface area (Å²) in [5.41, 5.74) is 5.69. The van der Waals surface area contributed by atoms with Crippen LogP contribution in [0, 0.1) is 0 Å². The summed E-state index contributed by atoms with van der Waals surface area (Å²) >= 11 is 0. The van der Waals surface area contributed by atoms with E-state index in [2.05, 4.69) is 113 Å². The molecule has 0 spiro atoms. The molecule has 6 aromatic rings. The third-order valence-electron chi connectivity index (χ3n) is 5.92. The van der Waals surface area contributed by atoms with Crippen LogP contribution in [0.3, 0.4) is 0 Å². The Labute approximate surface area is 186 Å². The van der Waals surface area contributed by atoms with E-state index in [1.54, 1.807) is 12.4 Å². The number of hydrogen-bond donors (Lipinski definition) is 0. The van der Waals surface area contributed by atoms with E-state index in [-0.39, 0.29) is 0 Å². The zero-order chi connectivity index (χ0) is 21.3. The van der Waals surface area contributed by atoms with Crippen molar-refractivity contribution in [1.82, 2.24) is 9.97 Å². The predicted octanol–water partition coefficient (Wildman–Crippen LogP) is 7.78. The Morgan fingerprint density at radius 1 is 0.344 bits per heavy atom. The first-order valence-electron chi connectivity index (χ1n) is 10.7. The van der Waals surface area contributed by atoms with Crippen molar-refractivity contribution in [2.75, 3.05) is 0 Å². The van der Waals surface area contributed by atoms with Crippen LogP contribution in [-0.4, -0.2) is 9.97 Å². The lowest BCUT2D eigenvalue weighted by molar-refractivity contribution is 1.18. The molecule has 0 aliphatic rings. The Balaban J connectivity index is 1.56. The molecule has 0 bridgehead atoms. The standard InChI is InChI=1S/C30H20N2/c1-3-8-23-16-25(12-10-21(23)6-1)27-18-28(20-29(19-27)30-31-14-5-15-32-30)26-13-11-22-7-2-4-9-24(22)17-26/h1-20H. The van der Waals surface area contributed by atoms with Crippen LogP contribution in [0.5, 0.6) is 0 Å². The average Bonchev–Trinajstić information content (AvgIpc) is 2.88. The minimum atomic E-state index is 0.733. The smallest absolute Gasteiger partial charge is 0.159 e. The fraction of sp³-hybridized carbons (Fsp3) is 0. The highest BCUT2D eigenvalue weighted by Gasteiger charge is 2.10. The van der Waals surface area contributed by atoms with Crippen LogP contribution >= 0.6 is 0 Å². The lowest BCUT2D eigenvalue weighted by atomic mass is 9.93. The summed E-state index contributed by atoms with van der Waals surface area (Å²) in [4.78, 5) is 9.01. The van der Waals surface area contributed by atoms with Crippen LogP contribution in [0.4, 0.5) is 0 Å². The first-order valence-corrected chi connectivity index (χ1v) is 10.7. The molecular formula is C30H20N2. The van der Waals surface area contributed by atoms with Crippen molar-refractivity contribution < 1.29 is 0 Å². The Morgan fingerprint density at radius 2 is 0.812 bits per heavy atom. The van der Waals surface area contributed by atoms with Crippen LogP contribution in [0.2, 0.25) is 0 Å². The molecule has 2 nitrogen and oxygen atoms in total. The number of nitrogens with zero attached hydrogens (tertiary/aromatic N) is 2. The second-order valence-electron chi connectivity index (χ2n) is 8.00. The summed E-state index contributed by atoms with van der Waals surface area (Å²) in [7, 11) is 0. The van der Waals surface area contributed by atoms with E-state index < -0.39 is 0 Å². The Hall–Kier alpha value is -4.30. The van der Waals surface area contributed by atoms with Crippen molar-refractivity contribution in [2.45, 2.75) is 0 Å². The Morgan fingerprint density at radius 3 is 1.34 bits per heavy atom. The molecule has 150 valence electrons. The third kappa shape index (κ3) is 3.42. The number of aromatic nitrogens is 2. The fourth-order valence-corrected chi connectivity index (χ4v) is 4.28. The normalized spacial score (nSPS) is 11.1. The molecular weight excluding hydrogens is 388 g/mol. The summed E-state index contributed by atoms with van der Waals surface area (Å²) in [6.45, 7) is 0. The predicted molar refractivity (Wildman–Crippen MR) is 133 cm³/mol. The van der Waals surface area contributed by atoms with E-state index in [0.717, 1.165) is 22.5 Å². The number of hydrogen-bond acceptors (Lipinski definition) is 2. The lowest BCUT2D eigenvalue weighted by Gasteiger charge is -2.12. The van der Waals surface area contributed by atoms with Gasteiger partial charge in [-0.25, -0.2) is 9.97 Å². The van der Waals surface area contributed by atoms with Gasteiger partial charge >= 0.3 is 0 Å². The molecule has 0 radical (unpaired) electrons. The minimum Gasteiger partial charge on any atom is -0.237 e. The van der Waals surface area contributed by atoms with E-state index >= 15 is 0 Å². The van der Waals surface area contributed by atoms with E-state index in [1.807, 2.05) is 6.07 Å². The molecule has 32 heavy (non-hydrogen) atoms. The van der Waals surface area contributed by atoms with Crippen LogP contribution < -0.4 is 0 Å². The largest absolute Gasteiger partial charge is 0.237 e. The maximum Gasteiger partial charge on any atom is 0.159 e. The Bertz CT molecular complexity index is 1470. The van der Waals surface area contributed by atoms with E-state index in [1.165, 1.54) is 32.7 Å². The van der Waals surface area contributed by atoms with Crippen LogP contribution in [0.1, 0.15) is 0 Å². The van der Waals surface area contributed by atoms with Gasteiger partial charge in [0.1, 0.15) is 0 Å². The van der Waals surface area contributed by atoms with E-state index in [0.29, 0.717) is 0 Å². The van der Waals surface area contributed by atoms with Crippen LogP contribution in [-0.2, 0) is 0 Å². The zero-order valence-corrected chi connectivity index (χ0v) is 17.4. The quantitative estimate of drug-likeness (QED) is 0.299. The molecule has 5 aromatic carbocycles. The first kappa shape index (κ1) is 18.5. The third-order valence-corrected chi connectivity index (χ3v) is 5.92. The maximum atomic E-state index is 4.51. The molecule has 0 saturated carbocycles. The molecule has 1 heterocycles. The number of rotatable bonds is 3. The van der Waals surface area contributed by atoms with E-state index in [4.69, 9.17) is 0 Å². The monoisotopic (exact) mass is 408 g/mol. The molecule has 0 saturated heterocycles. The SMILES string of the molecule is c1cnc(-c2cc(-c3ccc4ccccc4c3)cc(-c3ccc4ccccc4c3)c2)nc1. The summed E-state index contributed by atoms with van der Waals surface area (Å²) in [6.07, 6.45) is 3.58. The molecule has 1 aromatic heterocycles. The van der Waals surface area contributed by atoms with Gasteiger partial charge in [0.2, 0.25) is 0 Å². The lowest BCUT2D eigenvalue weighted by Crippen LogP contribution is -1.90. The number of benzene rings is 5. The van der Waals surface area contributed by atoms with Crippen molar-refractivity contribution >= 4 is 21.5 Å². The van der Waals surface area contributed by atoms with Crippen molar-refractivity contribution in [3.05, 3.63) is 122 Å². The molecule has 2 heteroatoms. The van der Waals surface area contributed by atoms with Gasteiger partial charge in [0.05, 0.1) is 0 Å². The molecule has 0 amide bonds. The van der Waals surface area contributed by atoms with Crippen molar-refractivity contribution in [1.29, 1.82) is 0 Å². The second-order valence-corrected chi connectivity index (χ2v) is 8.00. The summed E-state index contributed by atoms with van der Waals surface area (Å²) in [5.74, 6) is 0.733. The van der Waals surface area contributed by atoms with Crippen LogP contribution in [0.25, 0.3) is 55.2 Å². The van der Waals surface area contributed by atoms with Crippen molar-refractivity contribution in [3.8, 4) is 33.6 Å². The van der Waals surface area contributed by atoms with Gasteiger partial charge in [0.25, 0.3) is 0 Å². The highest BCUT2D eigenvalue weighted by atomic mass is 14.8. The van der Waals surface area contributed by atoms with Crippen LogP contribution in [0.15, 0.2) is 122 Å². The fourth-order valence-electron chi connectivity index (χ4n) is 4.28. The van der Waals surface area contributed by atoms with Crippen molar-refractivity contribution in [3.63, 3.8) is 0 Å².